The minimum absolute atomic E-state index is 0.102. The molecule has 5 rings (SSSR count). The van der Waals surface area contributed by atoms with Gasteiger partial charge in [0, 0.05) is 5.92 Å². The summed E-state index contributed by atoms with van der Waals surface area (Å²) >= 11 is 0. The number of hydrogen-bond acceptors (Lipinski definition) is 2. The van der Waals surface area contributed by atoms with E-state index >= 15 is 0 Å². The van der Waals surface area contributed by atoms with Crippen LogP contribution in [0.2, 0.25) is 0 Å². The molecule has 10 atom stereocenters. The smallest absolute Gasteiger partial charge is 0.205 e. The van der Waals surface area contributed by atoms with Gasteiger partial charge in [-0.15, -0.1) is 0 Å². The van der Waals surface area contributed by atoms with E-state index in [2.05, 4.69) is 40.7 Å². The topological polar surface area (TPSA) is 26.3 Å². The number of allylic oxidation sites excluding steroid dienone is 2. The van der Waals surface area contributed by atoms with Crippen molar-refractivity contribution in [1.29, 1.82) is 0 Å². The maximum absolute atomic E-state index is 13.0. The van der Waals surface area contributed by atoms with E-state index in [9.17, 15) is 8.99 Å². The van der Waals surface area contributed by atoms with Crippen molar-refractivity contribution in [3.63, 3.8) is 0 Å². The van der Waals surface area contributed by atoms with Crippen LogP contribution >= 0.6 is 9.12 Å². The summed E-state index contributed by atoms with van der Waals surface area (Å²) in [5.41, 5.74) is 0.798. The van der Waals surface area contributed by atoms with E-state index < -0.39 is 9.12 Å². The Labute approximate surface area is 203 Å². The van der Waals surface area contributed by atoms with E-state index in [0.717, 1.165) is 24.2 Å². The van der Waals surface area contributed by atoms with Crippen LogP contribution in [0.5, 0.6) is 0 Å². The summed E-state index contributed by atoms with van der Waals surface area (Å²) in [6.07, 6.45) is 16.9. The number of fused-ring (bicyclic) bond motifs is 7. The Kier molecular flexibility index (Phi) is 6.22. The number of halogens is 1. The van der Waals surface area contributed by atoms with Crippen LogP contribution in [0.3, 0.4) is 0 Å². The van der Waals surface area contributed by atoms with Crippen molar-refractivity contribution in [3.8, 4) is 0 Å². The van der Waals surface area contributed by atoms with Gasteiger partial charge in [-0.05, 0) is 115 Å². The molecular formula is C29H46FO2P. The molecule has 0 amide bonds. The third-order valence-corrected chi connectivity index (χ3v) is 12.6. The highest BCUT2D eigenvalue weighted by atomic mass is 31.1. The molecule has 0 aromatic heterocycles. The molecule has 5 aliphatic rings. The van der Waals surface area contributed by atoms with E-state index in [4.69, 9.17) is 4.52 Å². The van der Waals surface area contributed by atoms with Crippen LogP contribution in [0.15, 0.2) is 12.2 Å². The Hall–Kier alpha value is -0.270. The second kappa shape index (κ2) is 8.40. The van der Waals surface area contributed by atoms with E-state index in [1.165, 1.54) is 57.8 Å². The Bertz CT molecular complexity index is 811. The van der Waals surface area contributed by atoms with Crippen molar-refractivity contribution in [3.05, 3.63) is 12.2 Å². The Balaban J connectivity index is 1.50. The Morgan fingerprint density at radius 1 is 1.09 bits per heavy atom. The molecule has 2 nitrogen and oxygen atoms in total. The molecule has 4 fully saturated rings. The van der Waals surface area contributed by atoms with Gasteiger partial charge in [0.25, 0.3) is 0 Å². The Morgan fingerprint density at radius 2 is 1.88 bits per heavy atom. The minimum atomic E-state index is -0.872. The van der Waals surface area contributed by atoms with Crippen LogP contribution in [-0.2, 0) is 9.32 Å². The fraction of sp³-hybridized carbons (Fsp3) is 0.897. The molecule has 0 N–H and O–H groups in total. The highest BCUT2D eigenvalue weighted by Gasteiger charge is 2.68. The van der Waals surface area contributed by atoms with E-state index in [-0.39, 0.29) is 22.2 Å². The minimum Gasteiger partial charge on any atom is -0.332 e. The SMILES string of the molecule is CC(C)CC12CCC3(C)C4CCC5(COPF)CCCC5C4CCC3C1(C)C=CC(=O)C2C. The zero-order valence-electron chi connectivity index (χ0n) is 21.6. The quantitative estimate of drug-likeness (QED) is 0.373. The average molecular weight is 477 g/mol. The molecule has 0 saturated heterocycles. The highest BCUT2D eigenvalue weighted by molar-refractivity contribution is 7.25. The summed E-state index contributed by atoms with van der Waals surface area (Å²) in [7, 11) is -0.872. The summed E-state index contributed by atoms with van der Waals surface area (Å²) in [5.74, 6) is 4.03. The molecule has 0 heterocycles. The zero-order valence-corrected chi connectivity index (χ0v) is 22.6. The van der Waals surface area contributed by atoms with Gasteiger partial charge in [-0.25, -0.2) is 0 Å². The van der Waals surface area contributed by atoms with Crippen molar-refractivity contribution >= 4 is 14.9 Å². The van der Waals surface area contributed by atoms with Crippen molar-refractivity contribution in [2.45, 2.75) is 98.8 Å². The van der Waals surface area contributed by atoms with Gasteiger partial charge < -0.3 is 4.52 Å². The van der Waals surface area contributed by atoms with Gasteiger partial charge in [-0.1, -0.05) is 47.1 Å². The van der Waals surface area contributed by atoms with E-state index in [1.807, 2.05) is 6.08 Å². The van der Waals surface area contributed by atoms with Crippen LogP contribution in [0, 0.1) is 57.2 Å². The van der Waals surface area contributed by atoms with Crippen LogP contribution in [0.25, 0.3) is 0 Å². The monoisotopic (exact) mass is 476 g/mol. The molecule has 33 heavy (non-hydrogen) atoms. The zero-order chi connectivity index (χ0) is 23.6. The van der Waals surface area contributed by atoms with Gasteiger partial charge in [0.05, 0.1) is 6.61 Å². The molecule has 0 radical (unpaired) electrons. The van der Waals surface area contributed by atoms with E-state index in [1.54, 1.807) is 0 Å². The Morgan fingerprint density at radius 3 is 2.61 bits per heavy atom. The first kappa shape index (κ1) is 24.4. The van der Waals surface area contributed by atoms with Crippen LogP contribution in [0.1, 0.15) is 98.8 Å². The van der Waals surface area contributed by atoms with Crippen LogP contribution in [-0.4, -0.2) is 12.4 Å². The lowest BCUT2D eigenvalue weighted by Crippen LogP contribution is -2.64. The molecular weight excluding hydrogens is 430 g/mol. The predicted molar refractivity (Wildman–Crippen MR) is 135 cm³/mol. The molecule has 0 bridgehead atoms. The number of rotatable bonds is 5. The normalized spacial score (nSPS) is 51.5. The van der Waals surface area contributed by atoms with Crippen molar-refractivity contribution in [2.75, 3.05) is 6.61 Å². The van der Waals surface area contributed by atoms with Gasteiger partial charge in [0.2, 0.25) is 9.12 Å². The lowest BCUT2D eigenvalue weighted by molar-refractivity contribution is -0.199. The summed E-state index contributed by atoms with van der Waals surface area (Å²) in [6.45, 7) is 12.7. The first-order valence-electron chi connectivity index (χ1n) is 13.8. The molecule has 0 aliphatic heterocycles. The number of hydrogen-bond donors (Lipinski definition) is 0. The van der Waals surface area contributed by atoms with Gasteiger partial charge in [0.15, 0.2) is 5.78 Å². The van der Waals surface area contributed by atoms with Crippen LogP contribution in [0.4, 0.5) is 4.20 Å². The van der Waals surface area contributed by atoms with Gasteiger partial charge in [0.1, 0.15) is 0 Å². The standard InChI is InChI=1S/C29H46FO2P/c1-19(2)17-29-16-15-26(4)22-10-14-28(18-32-33-30)12-6-7-23(28)21(22)8-9-25(26)27(29,5)13-11-24(31)20(29)3/h11,13,19-23,25,33H,6-10,12,14-18H2,1-5H3. The van der Waals surface area contributed by atoms with Crippen molar-refractivity contribution in [1.82, 2.24) is 0 Å². The van der Waals surface area contributed by atoms with Crippen molar-refractivity contribution in [2.24, 2.45) is 57.2 Å². The molecule has 0 spiro atoms. The number of carbonyl (C=O) groups excluding carboxylic acids is 1. The summed E-state index contributed by atoms with van der Waals surface area (Å²) in [6, 6.07) is 0. The lowest BCUT2D eigenvalue weighted by atomic mass is 9.34. The first-order chi connectivity index (χ1) is 15.6. The fourth-order valence-corrected chi connectivity index (χ4v) is 11.3. The van der Waals surface area contributed by atoms with Gasteiger partial charge in [-0.3, -0.25) is 4.79 Å². The number of ketones is 1. The second-order valence-corrected chi connectivity index (χ2v) is 14.1. The second-order valence-electron chi connectivity index (χ2n) is 13.7. The third-order valence-electron chi connectivity index (χ3n) is 12.3. The first-order valence-corrected chi connectivity index (χ1v) is 14.6. The van der Waals surface area contributed by atoms with E-state index in [0.29, 0.717) is 29.6 Å². The highest BCUT2D eigenvalue weighted by Crippen LogP contribution is 2.74. The largest absolute Gasteiger partial charge is 0.332 e. The summed E-state index contributed by atoms with van der Waals surface area (Å²) in [5, 5.41) is 0. The lowest BCUT2D eigenvalue weighted by Gasteiger charge is -2.70. The average Bonchev–Trinajstić information content (AvgIpc) is 3.21. The predicted octanol–water partition coefficient (Wildman–Crippen LogP) is 8.32. The fourth-order valence-electron chi connectivity index (χ4n) is 11.0. The summed E-state index contributed by atoms with van der Waals surface area (Å²) in [4.78, 5) is 13.0. The van der Waals surface area contributed by atoms with Gasteiger partial charge in [-0.2, -0.15) is 4.20 Å². The number of carbonyl (C=O) groups is 1. The maximum Gasteiger partial charge on any atom is 0.205 e. The molecule has 10 unspecified atom stereocenters. The molecule has 4 heteroatoms. The molecule has 4 saturated carbocycles. The summed E-state index contributed by atoms with van der Waals surface area (Å²) < 4.78 is 18.4. The molecule has 186 valence electrons. The molecule has 5 aliphatic carbocycles. The van der Waals surface area contributed by atoms with Crippen molar-refractivity contribution < 1.29 is 13.5 Å². The molecule has 0 aromatic carbocycles. The maximum atomic E-state index is 13.0. The van der Waals surface area contributed by atoms with Crippen LogP contribution < -0.4 is 0 Å². The molecule has 0 aromatic rings. The third kappa shape index (κ3) is 3.33. The van der Waals surface area contributed by atoms with Gasteiger partial charge >= 0.3 is 0 Å².